The van der Waals surface area contributed by atoms with Gasteiger partial charge in [0.25, 0.3) is 0 Å². The molecule has 154 valence electrons. The fourth-order valence-electron chi connectivity index (χ4n) is 3.65. The first-order valence-corrected chi connectivity index (χ1v) is 10.6. The van der Waals surface area contributed by atoms with Crippen molar-refractivity contribution in [1.29, 1.82) is 0 Å². The minimum atomic E-state index is -1.03. The van der Waals surface area contributed by atoms with Crippen molar-refractivity contribution in [2.75, 3.05) is 36.4 Å². The second kappa shape index (κ2) is 7.90. The molecule has 1 atom stereocenters. The van der Waals surface area contributed by atoms with Crippen molar-refractivity contribution in [3.05, 3.63) is 64.3 Å². The topological polar surface area (TPSA) is 111 Å². The molecule has 0 spiro atoms. The summed E-state index contributed by atoms with van der Waals surface area (Å²) in [6.45, 7) is 3.61. The van der Waals surface area contributed by atoms with E-state index in [9.17, 15) is 9.90 Å². The SMILES string of the molecule is O=c1[nH]c2ccccc2n1-c1nc(C(O)Nc2cnccc2N2CCNCC2)cs1. The number of H-pyrrole nitrogens is 1. The molecular formula is C20H21N7O2S. The number of rotatable bonds is 5. The Morgan fingerprint density at radius 3 is 2.90 bits per heavy atom. The number of aromatic nitrogens is 4. The molecule has 3 aromatic heterocycles. The predicted molar refractivity (Wildman–Crippen MR) is 117 cm³/mol. The van der Waals surface area contributed by atoms with Crippen molar-refractivity contribution in [1.82, 2.24) is 24.8 Å². The Morgan fingerprint density at radius 1 is 1.20 bits per heavy atom. The van der Waals surface area contributed by atoms with Gasteiger partial charge in [0.15, 0.2) is 11.4 Å². The highest BCUT2D eigenvalue weighted by Crippen LogP contribution is 2.29. The van der Waals surface area contributed by atoms with E-state index >= 15 is 0 Å². The summed E-state index contributed by atoms with van der Waals surface area (Å²) in [5, 5.41) is 19.5. The van der Waals surface area contributed by atoms with E-state index in [2.05, 4.69) is 30.5 Å². The van der Waals surface area contributed by atoms with Crippen molar-refractivity contribution in [3.8, 4) is 5.13 Å². The molecule has 1 fully saturated rings. The van der Waals surface area contributed by atoms with Gasteiger partial charge in [-0.3, -0.25) is 4.98 Å². The third-order valence-corrected chi connectivity index (χ3v) is 5.96. The second-order valence-corrected chi connectivity index (χ2v) is 7.85. The summed E-state index contributed by atoms with van der Waals surface area (Å²) in [6, 6.07) is 9.39. The first-order valence-electron chi connectivity index (χ1n) is 9.70. The zero-order valence-corrected chi connectivity index (χ0v) is 16.9. The van der Waals surface area contributed by atoms with Crippen LogP contribution in [0.3, 0.4) is 0 Å². The van der Waals surface area contributed by atoms with Gasteiger partial charge in [0.2, 0.25) is 0 Å². The van der Waals surface area contributed by atoms with Crippen molar-refractivity contribution in [2.24, 2.45) is 0 Å². The van der Waals surface area contributed by atoms with Crippen LogP contribution in [-0.4, -0.2) is 50.8 Å². The lowest BCUT2D eigenvalue weighted by molar-refractivity contribution is 0.204. The molecule has 1 saturated heterocycles. The number of aromatic amines is 1. The Labute approximate surface area is 176 Å². The van der Waals surface area contributed by atoms with Crippen LogP contribution in [0.25, 0.3) is 16.2 Å². The molecule has 4 heterocycles. The van der Waals surface area contributed by atoms with Crippen molar-refractivity contribution < 1.29 is 5.11 Å². The van der Waals surface area contributed by atoms with Crippen LogP contribution in [0.2, 0.25) is 0 Å². The second-order valence-electron chi connectivity index (χ2n) is 7.01. The summed E-state index contributed by atoms with van der Waals surface area (Å²) in [5.41, 5.74) is 3.42. The number of thiazole rings is 1. The molecule has 0 saturated carbocycles. The highest BCUT2D eigenvalue weighted by molar-refractivity contribution is 7.12. The zero-order chi connectivity index (χ0) is 20.5. The van der Waals surface area contributed by atoms with Gasteiger partial charge in [-0.25, -0.2) is 14.3 Å². The van der Waals surface area contributed by atoms with E-state index in [1.165, 1.54) is 15.9 Å². The van der Waals surface area contributed by atoms with Crippen molar-refractivity contribution in [3.63, 3.8) is 0 Å². The lowest BCUT2D eigenvalue weighted by Crippen LogP contribution is -2.43. The van der Waals surface area contributed by atoms with Gasteiger partial charge >= 0.3 is 5.69 Å². The van der Waals surface area contributed by atoms with E-state index in [1.54, 1.807) is 17.8 Å². The fraction of sp³-hybridized carbons (Fsp3) is 0.250. The Hall–Kier alpha value is -3.21. The lowest BCUT2D eigenvalue weighted by Gasteiger charge is -2.31. The van der Waals surface area contributed by atoms with E-state index in [-0.39, 0.29) is 5.69 Å². The fourth-order valence-corrected chi connectivity index (χ4v) is 4.50. The number of nitrogens with zero attached hydrogens (tertiary/aromatic N) is 4. The molecule has 1 aliphatic heterocycles. The number of aliphatic hydroxyl groups is 1. The average molecular weight is 424 g/mol. The molecule has 1 aromatic carbocycles. The highest BCUT2D eigenvalue weighted by Gasteiger charge is 2.19. The van der Waals surface area contributed by atoms with Gasteiger partial charge in [0.05, 0.1) is 28.6 Å². The van der Waals surface area contributed by atoms with E-state index in [0.717, 1.165) is 48.6 Å². The number of hydrogen-bond acceptors (Lipinski definition) is 8. The number of aliphatic hydroxyl groups excluding tert-OH is 1. The summed E-state index contributed by atoms with van der Waals surface area (Å²) in [7, 11) is 0. The van der Waals surface area contributed by atoms with Crippen molar-refractivity contribution >= 4 is 33.7 Å². The molecule has 9 nitrogen and oxygen atoms in total. The average Bonchev–Trinajstić information content (AvgIpc) is 3.38. The standard InChI is InChI=1S/C20H21N7O2S/c28-18(23-14-11-22-6-5-16(14)26-9-7-21-8-10-26)15-12-30-20(25-15)27-17-4-2-1-3-13(17)24-19(27)29/h1-6,11-12,18,21,23,28H,7-10H2,(H,24,29). The van der Waals surface area contributed by atoms with Gasteiger partial charge in [-0.05, 0) is 18.2 Å². The summed E-state index contributed by atoms with van der Waals surface area (Å²) >= 11 is 1.30. The van der Waals surface area contributed by atoms with E-state index in [1.807, 2.05) is 30.3 Å². The first-order chi connectivity index (χ1) is 14.7. The number of hydrogen-bond donors (Lipinski definition) is 4. The summed E-state index contributed by atoms with van der Waals surface area (Å²) in [4.78, 5) is 26.2. The Kier molecular flexibility index (Phi) is 4.95. The molecule has 5 rings (SSSR count). The maximum absolute atomic E-state index is 12.4. The Bertz CT molecular complexity index is 1230. The molecular weight excluding hydrogens is 402 g/mol. The van der Waals surface area contributed by atoms with E-state index in [0.29, 0.717) is 10.8 Å². The molecule has 0 amide bonds. The van der Waals surface area contributed by atoms with Gasteiger partial charge in [0, 0.05) is 37.8 Å². The molecule has 0 aliphatic carbocycles. The van der Waals surface area contributed by atoms with Crippen LogP contribution in [0.5, 0.6) is 0 Å². The number of nitrogens with one attached hydrogen (secondary N) is 3. The molecule has 4 N–H and O–H groups in total. The maximum Gasteiger partial charge on any atom is 0.332 e. The third-order valence-electron chi connectivity index (χ3n) is 5.12. The smallest absolute Gasteiger partial charge is 0.332 e. The highest BCUT2D eigenvalue weighted by atomic mass is 32.1. The van der Waals surface area contributed by atoms with Crippen LogP contribution in [0.4, 0.5) is 11.4 Å². The molecule has 4 aromatic rings. The van der Waals surface area contributed by atoms with E-state index in [4.69, 9.17) is 0 Å². The normalized spacial score (nSPS) is 15.4. The number of benzene rings is 1. The minimum absolute atomic E-state index is 0.257. The van der Waals surface area contributed by atoms with E-state index < -0.39 is 6.23 Å². The van der Waals surface area contributed by atoms with Crippen molar-refractivity contribution in [2.45, 2.75) is 6.23 Å². The first kappa shape index (κ1) is 18.8. The number of anilines is 2. The summed E-state index contributed by atoms with van der Waals surface area (Å²) in [6.07, 6.45) is 2.43. The minimum Gasteiger partial charge on any atom is -0.368 e. The third kappa shape index (κ3) is 3.45. The number of pyridine rings is 1. The van der Waals surface area contributed by atoms with Gasteiger partial charge in [-0.1, -0.05) is 12.1 Å². The van der Waals surface area contributed by atoms with Crippen LogP contribution < -0.4 is 21.2 Å². The van der Waals surface area contributed by atoms with Crippen LogP contribution in [-0.2, 0) is 0 Å². The van der Waals surface area contributed by atoms with Crippen LogP contribution in [0, 0.1) is 0 Å². The molecule has 30 heavy (non-hydrogen) atoms. The number of piperazine rings is 1. The van der Waals surface area contributed by atoms with Crippen LogP contribution >= 0.6 is 11.3 Å². The Balaban J connectivity index is 1.41. The van der Waals surface area contributed by atoms with Gasteiger partial charge in [0.1, 0.15) is 5.69 Å². The molecule has 1 unspecified atom stereocenters. The number of imidazole rings is 1. The zero-order valence-electron chi connectivity index (χ0n) is 16.1. The largest absolute Gasteiger partial charge is 0.368 e. The summed E-state index contributed by atoms with van der Waals surface area (Å²) in [5.74, 6) is 0. The molecule has 0 bridgehead atoms. The Morgan fingerprint density at radius 2 is 2.03 bits per heavy atom. The summed E-state index contributed by atoms with van der Waals surface area (Å²) < 4.78 is 1.52. The monoisotopic (exact) mass is 423 g/mol. The lowest BCUT2D eigenvalue weighted by atomic mass is 10.2. The molecule has 0 radical (unpaired) electrons. The number of para-hydroxylation sites is 2. The van der Waals surface area contributed by atoms with Crippen LogP contribution in [0.15, 0.2) is 52.9 Å². The van der Waals surface area contributed by atoms with Gasteiger partial charge in [-0.15, -0.1) is 11.3 Å². The maximum atomic E-state index is 12.4. The van der Waals surface area contributed by atoms with Gasteiger partial charge < -0.3 is 25.6 Å². The number of fused-ring (bicyclic) bond motifs is 1. The molecule has 10 heteroatoms. The molecule has 1 aliphatic rings. The van der Waals surface area contributed by atoms with Gasteiger partial charge in [-0.2, -0.15) is 0 Å². The van der Waals surface area contributed by atoms with Crippen LogP contribution in [0.1, 0.15) is 11.9 Å². The predicted octanol–water partition coefficient (Wildman–Crippen LogP) is 1.68. The quantitative estimate of drug-likeness (QED) is 0.362.